The molecule has 0 saturated carbocycles. The summed E-state index contributed by atoms with van der Waals surface area (Å²) in [6, 6.07) is 7.55. The Morgan fingerprint density at radius 2 is 2.17 bits per heavy atom. The van der Waals surface area contributed by atoms with E-state index >= 15 is 0 Å². The van der Waals surface area contributed by atoms with Crippen LogP contribution in [0.5, 0.6) is 0 Å². The highest BCUT2D eigenvalue weighted by Gasteiger charge is 2.12. The first-order valence-electron chi connectivity index (χ1n) is 5.37. The van der Waals surface area contributed by atoms with Gasteiger partial charge in [0, 0.05) is 29.0 Å². The van der Waals surface area contributed by atoms with Crippen LogP contribution >= 0.6 is 27.5 Å². The van der Waals surface area contributed by atoms with E-state index in [1.165, 1.54) is 0 Å². The van der Waals surface area contributed by atoms with Gasteiger partial charge >= 0.3 is 0 Å². The monoisotopic (exact) mass is 326 g/mol. The average molecular weight is 328 g/mol. The number of rotatable bonds is 4. The average Bonchev–Trinajstić information content (AvgIpc) is 2.38. The van der Waals surface area contributed by atoms with Gasteiger partial charge in [-0.3, -0.25) is 16.3 Å². The number of nitrogens with one attached hydrogen (secondary N) is 1. The third kappa shape index (κ3) is 3.49. The summed E-state index contributed by atoms with van der Waals surface area (Å²) in [6.45, 7) is 0. The first-order chi connectivity index (χ1) is 8.69. The van der Waals surface area contributed by atoms with Crippen LogP contribution in [0.15, 0.2) is 41.1 Å². The van der Waals surface area contributed by atoms with Gasteiger partial charge in [-0.15, -0.1) is 0 Å². The predicted molar refractivity (Wildman–Crippen MR) is 75.0 cm³/mol. The molecule has 0 bridgehead atoms. The standard InChI is InChI=1S/C12H12BrClN4/c13-9-1-2-10(17-7-9)6-11(18-15)8-3-4-16-12(14)5-8/h1-5,7,11,18H,6,15H2. The largest absolute Gasteiger partial charge is 0.271 e. The maximum absolute atomic E-state index is 5.87. The zero-order chi connectivity index (χ0) is 13.0. The van der Waals surface area contributed by atoms with Gasteiger partial charge in [0.15, 0.2) is 0 Å². The molecule has 0 aliphatic heterocycles. The third-order valence-electron chi connectivity index (χ3n) is 2.56. The highest BCUT2D eigenvalue weighted by atomic mass is 79.9. The van der Waals surface area contributed by atoms with Crippen LogP contribution in [0.2, 0.25) is 5.15 Å². The molecule has 18 heavy (non-hydrogen) atoms. The summed E-state index contributed by atoms with van der Waals surface area (Å²) in [6.07, 6.45) is 4.11. The Morgan fingerprint density at radius 1 is 1.33 bits per heavy atom. The summed E-state index contributed by atoms with van der Waals surface area (Å²) in [5.41, 5.74) is 4.71. The second-order valence-corrected chi connectivity index (χ2v) is 5.11. The number of hydrogen-bond acceptors (Lipinski definition) is 4. The van der Waals surface area contributed by atoms with Crippen molar-refractivity contribution in [1.82, 2.24) is 15.4 Å². The second-order valence-electron chi connectivity index (χ2n) is 3.80. The van der Waals surface area contributed by atoms with E-state index in [2.05, 4.69) is 31.3 Å². The molecule has 0 aliphatic carbocycles. The summed E-state index contributed by atoms with van der Waals surface area (Å²) >= 11 is 9.22. The highest BCUT2D eigenvalue weighted by molar-refractivity contribution is 9.10. The zero-order valence-electron chi connectivity index (χ0n) is 9.48. The van der Waals surface area contributed by atoms with E-state index in [9.17, 15) is 0 Å². The SMILES string of the molecule is NNC(Cc1ccc(Br)cn1)c1ccnc(Cl)c1. The molecule has 0 aromatic carbocycles. The molecule has 0 radical (unpaired) electrons. The van der Waals surface area contributed by atoms with Crippen LogP contribution < -0.4 is 11.3 Å². The fourth-order valence-electron chi connectivity index (χ4n) is 1.64. The van der Waals surface area contributed by atoms with Crippen molar-refractivity contribution in [2.75, 3.05) is 0 Å². The fraction of sp³-hybridized carbons (Fsp3) is 0.167. The molecule has 2 rings (SSSR count). The van der Waals surface area contributed by atoms with Gasteiger partial charge in [-0.1, -0.05) is 11.6 Å². The van der Waals surface area contributed by atoms with Crippen molar-refractivity contribution in [2.24, 2.45) is 5.84 Å². The number of pyridine rings is 2. The molecule has 2 aromatic heterocycles. The van der Waals surface area contributed by atoms with E-state index in [0.717, 1.165) is 15.7 Å². The Kier molecular flexibility index (Phi) is 4.66. The lowest BCUT2D eigenvalue weighted by Gasteiger charge is -2.15. The molecule has 2 aromatic rings. The van der Waals surface area contributed by atoms with Gasteiger partial charge in [-0.2, -0.15) is 0 Å². The van der Waals surface area contributed by atoms with E-state index in [1.807, 2.05) is 18.2 Å². The summed E-state index contributed by atoms with van der Waals surface area (Å²) in [5.74, 6) is 5.58. The molecular weight excluding hydrogens is 316 g/mol. The molecule has 0 saturated heterocycles. The molecule has 0 amide bonds. The highest BCUT2D eigenvalue weighted by Crippen LogP contribution is 2.19. The Hall–Kier alpha value is -1.01. The van der Waals surface area contributed by atoms with Crippen molar-refractivity contribution < 1.29 is 0 Å². The van der Waals surface area contributed by atoms with Gasteiger partial charge in [0.25, 0.3) is 0 Å². The van der Waals surface area contributed by atoms with Gasteiger partial charge in [0.2, 0.25) is 0 Å². The Balaban J connectivity index is 2.17. The number of nitrogens with two attached hydrogens (primary N) is 1. The van der Waals surface area contributed by atoms with Gasteiger partial charge < -0.3 is 0 Å². The van der Waals surface area contributed by atoms with Crippen molar-refractivity contribution in [3.8, 4) is 0 Å². The Bertz CT molecular complexity index is 518. The number of hydrogen-bond donors (Lipinski definition) is 2. The molecule has 94 valence electrons. The van der Waals surface area contributed by atoms with Gasteiger partial charge in [0.1, 0.15) is 5.15 Å². The molecule has 0 aliphatic rings. The maximum atomic E-state index is 5.87. The van der Waals surface area contributed by atoms with Crippen molar-refractivity contribution >= 4 is 27.5 Å². The van der Waals surface area contributed by atoms with Crippen LogP contribution in [0.3, 0.4) is 0 Å². The molecule has 0 fully saturated rings. The van der Waals surface area contributed by atoms with Crippen LogP contribution in [0.1, 0.15) is 17.3 Å². The van der Waals surface area contributed by atoms with Crippen LogP contribution in [0, 0.1) is 0 Å². The lowest BCUT2D eigenvalue weighted by Crippen LogP contribution is -2.29. The minimum Gasteiger partial charge on any atom is -0.271 e. The van der Waals surface area contributed by atoms with Crippen molar-refractivity contribution in [3.63, 3.8) is 0 Å². The number of halogens is 2. The fourth-order valence-corrected chi connectivity index (χ4v) is 2.06. The smallest absolute Gasteiger partial charge is 0.129 e. The molecule has 2 heterocycles. The normalized spacial score (nSPS) is 12.4. The molecular formula is C12H12BrClN4. The number of nitrogens with zero attached hydrogens (tertiary/aromatic N) is 2. The van der Waals surface area contributed by atoms with Crippen molar-refractivity contribution in [2.45, 2.75) is 12.5 Å². The van der Waals surface area contributed by atoms with Gasteiger partial charge in [-0.05, 0) is 45.8 Å². The van der Waals surface area contributed by atoms with Gasteiger partial charge in [0.05, 0.1) is 6.04 Å². The molecule has 1 unspecified atom stereocenters. The molecule has 4 nitrogen and oxygen atoms in total. The van der Waals surface area contributed by atoms with E-state index in [1.54, 1.807) is 18.5 Å². The summed E-state index contributed by atoms with van der Waals surface area (Å²) in [4.78, 5) is 8.27. The molecule has 3 N–H and O–H groups in total. The minimum atomic E-state index is -0.0424. The first-order valence-corrected chi connectivity index (χ1v) is 6.54. The van der Waals surface area contributed by atoms with E-state index in [0.29, 0.717) is 11.6 Å². The first kappa shape index (κ1) is 13.4. The summed E-state index contributed by atoms with van der Waals surface area (Å²) in [7, 11) is 0. The van der Waals surface area contributed by atoms with Crippen LogP contribution in [0.4, 0.5) is 0 Å². The van der Waals surface area contributed by atoms with Crippen LogP contribution in [-0.2, 0) is 6.42 Å². The number of aromatic nitrogens is 2. The predicted octanol–water partition coefficient (Wildman–Crippen LogP) is 2.64. The molecule has 1 atom stereocenters. The lowest BCUT2D eigenvalue weighted by molar-refractivity contribution is 0.545. The zero-order valence-corrected chi connectivity index (χ0v) is 11.8. The Labute approximate surface area is 119 Å². The lowest BCUT2D eigenvalue weighted by atomic mass is 10.0. The van der Waals surface area contributed by atoms with Crippen molar-refractivity contribution in [3.05, 3.63) is 57.5 Å². The Morgan fingerprint density at radius 3 is 2.78 bits per heavy atom. The van der Waals surface area contributed by atoms with Crippen LogP contribution in [-0.4, -0.2) is 9.97 Å². The van der Waals surface area contributed by atoms with E-state index in [-0.39, 0.29) is 6.04 Å². The second kappa shape index (κ2) is 6.24. The van der Waals surface area contributed by atoms with Crippen LogP contribution in [0.25, 0.3) is 0 Å². The summed E-state index contributed by atoms with van der Waals surface area (Å²) in [5, 5.41) is 0.455. The summed E-state index contributed by atoms with van der Waals surface area (Å²) < 4.78 is 0.954. The molecule has 6 heteroatoms. The van der Waals surface area contributed by atoms with Gasteiger partial charge in [-0.25, -0.2) is 4.98 Å². The topological polar surface area (TPSA) is 63.8 Å². The molecule has 0 spiro atoms. The van der Waals surface area contributed by atoms with Crippen molar-refractivity contribution in [1.29, 1.82) is 0 Å². The quantitative estimate of drug-likeness (QED) is 0.515. The maximum Gasteiger partial charge on any atom is 0.129 e. The van der Waals surface area contributed by atoms with E-state index in [4.69, 9.17) is 17.4 Å². The third-order valence-corrected chi connectivity index (χ3v) is 3.23. The minimum absolute atomic E-state index is 0.0424. The number of hydrazine groups is 1. The van der Waals surface area contributed by atoms with E-state index < -0.39 is 0 Å².